The topological polar surface area (TPSA) is 67.8 Å². The Balaban J connectivity index is 2.58. The Kier molecular flexibility index (Phi) is 5.99. The Morgan fingerprint density at radius 2 is 2.00 bits per heavy atom. The maximum atomic E-state index is 10.4. The Morgan fingerprint density at radius 3 is 2.58 bits per heavy atom. The van der Waals surface area contributed by atoms with Gasteiger partial charge in [0.2, 0.25) is 0 Å². The number of benzene rings is 1. The lowest BCUT2D eigenvalue weighted by molar-refractivity contribution is -0.137. The monoisotopic (exact) mass is 267 g/mol. The Morgan fingerprint density at radius 1 is 1.26 bits per heavy atom. The van der Waals surface area contributed by atoms with Gasteiger partial charge in [-0.15, -0.1) is 0 Å². The van der Waals surface area contributed by atoms with Crippen LogP contribution >= 0.6 is 0 Å². The van der Waals surface area contributed by atoms with Gasteiger partial charge in [0.05, 0.1) is 19.9 Å². The molecule has 0 saturated carbocycles. The first-order valence-electron chi connectivity index (χ1n) is 6.27. The zero-order valence-corrected chi connectivity index (χ0v) is 11.7. The van der Waals surface area contributed by atoms with E-state index in [1.165, 1.54) is 0 Å². The van der Waals surface area contributed by atoms with Gasteiger partial charge < -0.3 is 19.9 Å². The van der Waals surface area contributed by atoms with Crippen molar-refractivity contribution < 1.29 is 19.4 Å². The molecule has 0 aliphatic rings. The molecule has 0 radical (unpaired) electrons. The van der Waals surface area contributed by atoms with Crippen molar-refractivity contribution in [2.45, 2.75) is 26.2 Å². The van der Waals surface area contributed by atoms with Gasteiger partial charge in [0, 0.05) is 18.5 Å². The molecule has 1 aromatic carbocycles. The van der Waals surface area contributed by atoms with E-state index in [0.29, 0.717) is 6.42 Å². The molecule has 1 rings (SSSR count). The van der Waals surface area contributed by atoms with Crippen LogP contribution in [0, 0.1) is 6.92 Å². The highest BCUT2D eigenvalue weighted by Crippen LogP contribution is 2.34. The summed E-state index contributed by atoms with van der Waals surface area (Å²) in [5, 5.41) is 11.8. The summed E-state index contributed by atoms with van der Waals surface area (Å²) in [6.07, 6.45) is 1.68. The van der Waals surface area contributed by atoms with Gasteiger partial charge in [0.1, 0.15) is 11.5 Å². The molecule has 0 aromatic heterocycles. The molecule has 0 heterocycles. The lowest BCUT2D eigenvalue weighted by Crippen LogP contribution is -2.05. The fourth-order valence-electron chi connectivity index (χ4n) is 1.92. The molecule has 19 heavy (non-hydrogen) atoms. The summed E-state index contributed by atoms with van der Waals surface area (Å²) in [5.74, 6) is 0.795. The number of hydrogen-bond donors (Lipinski definition) is 2. The minimum absolute atomic E-state index is 0.209. The number of methoxy groups -OCH3 is 2. The summed E-state index contributed by atoms with van der Waals surface area (Å²) in [6.45, 7) is 2.66. The molecular weight excluding hydrogens is 246 g/mol. The van der Waals surface area contributed by atoms with Gasteiger partial charge in [-0.1, -0.05) is 0 Å². The van der Waals surface area contributed by atoms with Crippen LogP contribution < -0.4 is 14.8 Å². The summed E-state index contributed by atoms with van der Waals surface area (Å²) >= 11 is 0. The maximum Gasteiger partial charge on any atom is 0.303 e. The molecule has 0 aliphatic heterocycles. The molecule has 5 heteroatoms. The predicted octanol–water partition coefficient (Wildman–Crippen LogP) is 2.68. The van der Waals surface area contributed by atoms with Crippen molar-refractivity contribution in [1.29, 1.82) is 0 Å². The highest BCUT2D eigenvalue weighted by molar-refractivity contribution is 5.66. The number of carbonyl (C=O) groups is 1. The second kappa shape index (κ2) is 7.51. The van der Waals surface area contributed by atoms with Crippen molar-refractivity contribution in [2.75, 3.05) is 26.1 Å². The van der Waals surface area contributed by atoms with Crippen molar-refractivity contribution in [3.63, 3.8) is 0 Å². The number of carboxylic acid groups (broad SMARTS) is 1. The number of rotatable bonds is 8. The van der Waals surface area contributed by atoms with Crippen LogP contribution in [0.4, 0.5) is 5.69 Å². The third-order valence-electron chi connectivity index (χ3n) is 2.91. The Bertz CT molecular complexity index is 432. The SMILES string of the molecule is COc1ccc(NCCCCC(=O)O)c(OC)c1C. The second-order valence-corrected chi connectivity index (χ2v) is 4.25. The van der Waals surface area contributed by atoms with Gasteiger partial charge in [0.25, 0.3) is 0 Å². The molecule has 0 bridgehead atoms. The average Bonchev–Trinajstić information content (AvgIpc) is 2.38. The molecule has 0 atom stereocenters. The third-order valence-corrected chi connectivity index (χ3v) is 2.91. The van der Waals surface area contributed by atoms with Gasteiger partial charge in [-0.05, 0) is 31.9 Å². The van der Waals surface area contributed by atoms with Gasteiger partial charge in [-0.25, -0.2) is 0 Å². The Labute approximate surface area is 113 Å². The van der Waals surface area contributed by atoms with E-state index in [2.05, 4.69) is 5.32 Å². The molecule has 2 N–H and O–H groups in total. The normalized spacial score (nSPS) is 10.1. The largest absolute Gasteiger partial charge is 0.496 e. The third kappa shape index (κ3) is 4.35. The van der Waals surface area contributed by atoms with Crippen LogP contribution in [-0.4, -0.2) is 31.8 Å². The van der Waals surface area contributed by atoms with Gasteiger partial charge >= 0.3 is 5.97 Å². The summed E-state index contributed by atoms with van der Waals surface area (Å²) in [5.41, 5.74) is 1.84. The van der Waals surface area contributed by atoms with E-state index < -0.39 is 5.97 Å². The van der Waals surface area contributed by atoms with E-state index in [0.717, 1.165) is 35.7 Å². The van der Waals surface area contributed by atoms with Gasteiger partial charge in [0.15, 0.2) is 0 Å². The summed E-state index contributed by atoms with van der Waals surface area (Å²) in [6, 6.07) is 3.79. The van der Waals surface area contributed by atoms with Crippen LogP contribution in [-0.2, 0) is 4.79 Å². The van der Waals surface area contributed by atoms with Crippen molar-refractivity contribution >= 4 is 11.7 Å². The van der Waals surface area contributed by atoms with E-state index in [1.807, 2.05) is 19.1 Å². The standard InChI is InChI=1S/C14H21NO4/c1-10-12(18-2)8-7-11(14(10)19-3)15-9-5-4-6-13(16)17/h7-8,15H,4-6,9H2,1-3H3,(H,16,17). The van der Waals surface area contributed by atoms with Crippen LogP contribution in [0.3, 0.4) is 0 Å². The second-order valence-electron chi connectivity index (χ2n) is 4.25. The van der Waals surface area contributed by atoms with Crippen molar-refractivity contribution in [1.82, 2.24) is 0 Å². The molecule has 0 spiro atoms. The van der Waals surface area contributed by atoms with E-state index >= 15 is 0 Å². The molecular formula is C14H21NO4. The van der Waals surface area contributed by atoms with Crippen molar-refractivity contribution in [3.05, 3.63) is 17.7 Å². The van der Waals surface area contributed by atoms with Gasteiger partial charge in [-0.3, -0.25) is 4.79 Å². The minimum atomic E-state index is -0.752. The number of hydrogen-bond acceptors (Lipinski definition) is 4. The van der Waals surface area contributed by atoms with Crippen LogP contribution in [0.1, 0.15) is 24.8 Å². The van der Waals surface area contributed by atoms with Crippen LogP contribution in [0.15, 0.2) is 12.1 Å². The number of anilines is 1. The van der Waals surface area contributed by atoms with Crippen molar-refractivity contribution in [3.8, 4) is 11.5 Å². The van der Waals surface area contributed by atoms with E-state index in [-0.39, 0.29) is 6.42 Å². The molecule has 0 aliphatic carbocycles. The number of aliphatic carboxylic acids is 1. The maximum absolute atomic E-state index is 10.4. The first kappa shape index (κ1) is 15.1. The lowest BCUT2D eigenvalue weighted by Gasteiger charge is -2.15. The summed E-state index contributed by atoms with van der Waals surface area (Å²) in [7, 11) is 3.25. The fraction of sp³-hybridized carbons (Fsp3) is 0.500. The highest BCUT2D eigenvalue weighted by atomic mass is 16.5. The van der Waals surface area contributed by atoms with Crippen molar-refractivity contribution in [2.24, 2.45) is 0 Å². The quantitative estimate of drug-likeness (QED) is 0.709. The summed E-state index contributed by atoms with van der Waals surface area (Å²) in [4.78, 5) is 10.4. The Hall–Kier alpha value is -1.91. The molecule has 0 unspecified atom stereocenters. The highest BCUT2D eigenvalue weighted by Gasteiger charge is 2.10. The molecule has 106 valence electrons. The number of unbranched alkanes of at least 4 members (excludes halogenated alkanes) is 1. The first-order valence-corrected chi connectivity index (χ1v) is 6.27. The molecule has 0 saturated heterocycles. The lowest BCUT2D eigenvalue weighted by atomic mass is 10.1. The molecule has 1 aromatic rings. The number of nitrogens with one attached hydrogen (secondary N) is 1. The molecule has 0 fully saturated rings. The van der Waals surface area contributed by atoms with E-state index in [9.17, 15) is 4.79 Å². The molecule has 5 nitrogen and oxygen atoms in total. The molecule has 0 amide bonds. The first-order chi connectivity index (χ1) is 9.10. The predicted molar refractivity (Wildman–Crippen MR) is 74.3 cm³/mol. The number of carboxylic acids is 1. The van der Waals surface area contributed by atoms with Crippen LogP contribution in [0.2, 0.25) is 0 Å². The van der Waals surface area contributed by atoms with Crippen LogP contribution in [0.5, 0.6) is 11.5 Å². The summed E-state index contributed by atoms with van der Waals surface area (Å²) < 4.78 is 10.6. The number of ether oxygens (including phenoxy) is 2. The zero-order valence-electron chi connectivity index (χ0n) is 11.7. The minimum Gasteiger partial charge on any atom is -0.496 e. The van der Waals surface area contributed by atoms with E-state index in [1.54, 1.807) is 14.2 Å². The van der Waals surface area contributed by atoms with E-state index in [4.69, 9.17) is 14.6 Å². The van der Waals surface area contributed by atoms with Crippen LogP contribution in [0.25, 0.3) is 0 Å². The smallest absolute Gasteiger partial charge is 0.303 e. The average molecular weight is 267 g/mol. The zero-order chi connectivity index (χ0) is 14.3. The fourth-order valence-corrected chi connectivity index (χ4v) is 1.92. The van der Waals surface area contributed by atoms with Gasteiger partial charge in [-0.2, -0.15) is 0 Å².